The lowest BCUT2D eigenvalue weighted by atomic mass is 10.1. The second-order valence-corrected chi connectivity index (χ2v) is 11.1. The lowest BCUT2D eigenvalue weighted by Gasteiger charge is -2.26. The number of nitrogens with zero attached hydrogens (tertiary/aromatic N) is 1. The number of thiophene rings is 2. The second-order valence-electron chi connectivity index (χ2n) is 8.52. The minimum atomic E-state index is 1.16. The maximum Gasteiger partial charge on any atom is 0.0464 e. The van der Waals surface area contributed by atoms with Gasteiger partial charge in [-0.3, -0.25) is 0 Å². The molecule has 0 N–H and O–H groups in total. The Kier molecular flexibility index (Phi) is 5.92. The molecule has 0 atom stereocenters. The maximum absolute atomic E-state index is 2.35. The van der Waals surface area contributed by atoms with Crippen molar-refractivity contribution in [2.24, 2.45) is 0 Å². The molecule has 0 aliphatic heterocycles. The lowest BCUT2D eigenvalue weighted by molar-refractivity contribution is 1.25. The largest absolute Gasteiger partial charge is 0.310 e. The summed E-state index contributed by atoms with van der Waals surface area (Å²) in [5, 5.41) is 0. The fourth-order valence-electron chi connectivity index (χ4n) is 4.04. The van der Waals surface area contributed by atoms with E-state index in [1.807, 2.05) is 22.7 Å². The molecule has 3 heteroatoms. The molecule has 3 aromatic carbocycles. The van der Waals surface area contributed by atoms with E-state index in [4.69, 9.17) is 0 Å². The first-order valence-corrected chi connectivity index (χ1v) is 12.8. The van der Waals surface area contributed by atoms with Gasteiger partial charge in [0.05, 0.1) is 0 Å². The van der Waals surface area contributed by atoms with Crippen molar-refractivity contribution in [1.29, 1.82) is 0 Å². The molecule has 0 fully saturated rings. The molecule has 0 aliphatic carbocycles. The molecule has 0 radical (unpaired) electrons. The van der Waals surface area contributed by atoms with Crippen LogP contribution in [0.2, 0.25) is 0 Å². The van der Waals surface area contributed by atoms with Crippen LogP contribution in [0.3, 0.4) is 0 Å². The van der Waals surface area contributed by atoms with Crippen molar-refractivity contribution in [2.45, 2.75) is 27.7 Å². The Morgan fingerprint density at radius 3 is 1.30 bits per heavy atom. The summed E-state index contributed by atoms with van der Waals surface area (Å²) in [6.45, 7) is 8.66. The first-order valence-electron chi connectivity index (χ1n) is 11.2. The van der Waals surface area contributed by atoms with E-state index in [1.165, 1.54) is 47.4 Å². The van der Waals surface area contributed by atoms with Crippen LogP contribution in [-0.4, -0.2) is 0 Å². The Morgan fingerprint density at radius 1 is 0.455 bits per heavy atom. The van der Waals surface area contributed by atoms with Crippen LogP contribution >= 0.6 is 22.7 Å². The standard InChI is InChI=1S/C30H27NS2/c1-20-5-12-28(19-21(20)2)31(26-13-8-24(9-14-26)29-17-6-22(3)32-29)27-15-10-25(11-16-27)30-18-7-23(4)33-30/h5-19H,1-4H3. The molecule has 0 saturated carbocycles. The van der Waals surface area contributed by atoms with Crippen LogP contribution in [0, 0.1) is 27.7 Å². The summed E-state index contributed by atoms with van der Waals surface area (Å²) in [6.07, 6.45) is 0. The van der Waals surface area contributed by atoms with Gasteiger partial charge in [-0.25, -0.2) is 0 Å². The third-order valence-electron chi connectivity index (χ3n) is 6.05. The molecule has 5 aromatic rings. The van der Waals surface area contributed by atoms with Gasteiger partial charge in [0, 0.05) is 36.6 Å². The summed E-state index contributed by atoms with van der Waals surface area (Å²) in [5.74, 6) is 0. The van der Waals surface area contributed by atoms with Crippen LogP contribution in [0.1, 0.15) is 20.9 Å². The van der Waals surface area contributed by atoms with Crippen molar-refractivity contribution < 1.29 is 0 Å². The van der Waals surface area contributed by atoms with E-state index in [1.54, 1.807) is 0 Å². The molecule has 0 bridgehead atoms. The van der Waals surface area contributed by atoms with Crippen LogP contribution in [0.15, 0.2) is 91.0 Å². The summed E-state index contributed by atoms with van der Waals surface area (Å²) >= 11 is 3.68. The molecule has 0 unspecified atom stereocenters. The molecule has 0 amide bonds. The first kappa shape index (κ1) is 21.7. The summed E-state index contributed by atoms with van der Waals surface area (Å²) < 4.78 is 0. The normalized spacial score (nSPS) is 11.0. The average molecular weight is 466 g/mol. The zero-order valence-electron chi connectivity index (χ0n) is 19.4. The third kappa shape index (κ3) is 4.52. The van der Waals surface area contributed by atoms with E-state index in [0.29, 0.717) is 0 Å². The molecular formula is C30H27NS2. The molecule has 164 valence electrons. The van der Waals surface area contributed by atoms with Crippen LogP contribution in [0.5, 0.6) is 0 Å². The quantitative estimate of drug-likeness (QED) is 0.250. The number of rotatable bonds is 5. The molecule has 1 nitrogen and oxygen atoms in total. The highest BCUT2D eigenvalue weighted by molar-refractivity contribution is 7.15. The van der Waals surface area contributed by atoms with Gasteiger partial charge in [-0.2, -0.15) is 0 Å². The van der Waals surface area contributed by atoms with Gasteiger partial charge in [-0.15, -0.1) is 22.7 Å². The number of hydrogen-bond donors (Lipinski definition) is 0. The number of anilines is 3. The molecule has 2 aromatic heterocycles. The molecule has 33 heavy (non-hydrogen) atoms. The van der Waals surface area contributed by atoms with E-state index >= 15 is 0 Å². The monoisotopic (exact) mass is 465 g/mol. The van der Waals surface area contributed by atoms with Gasteiger partial charge in [-0.05, 0) is 111 Å². The highest BCUT2D eigenvalue weighted by Gasteiger charge is 2.14. The minimum absolute atomic E-state index is 1.16. The SMILES string of the molecule is Cc1ccc(-c2ccc(N(c3ccc(-c4ccc(C)s4)cc3)c3ccc(C)c(C)c3)cc2)s1. The van der Waals surface area contributed by atoms with Crippen LogP contribution in [-0.2, 0) is 0 Å². The Balaban J connectivity index is 1.55. The predicted molar refractivity (Wildman–Crippen MR) is 147 cm³/mol. The van der Waals surface area contributed by atoms with E-state index < -0.39 is 0 Å². The Hall–Kier alpha value is -3.14. The summed E-state index contributed by atoms with van der Waals surface area (Å²) in [4.78, 5) is 7.65. The number of aryl methyl sites for hydroxylation is 4. The van der Waals surface area contributed by atoms with E-state index in [2.05, 4.69) is 124 Å². The topological polar surface area (TPSA) is 3.24 Å². The fourth-order valence-corrected chi connectivity index (χ4v) is 5.79. The molecule has 0 spiro atoms. The fraction of sp³-hybridized carbons (Fsp3) is 0.133. The Labute approximate surface area is 204 Å². The molecule has 0 saturated heterocycles. The minimum Gasteiger partial charge on any atom is -0.310 e. The van der Waals surface area contributed by atoms with Crippen LogP contribution < -0.4 is 4.90 Å². The Morgan fingerprint density at radius 2 is 0.909 bits per heavy atom. The van der Waals surface area contributed by atoms with E-state index in [-0.39, 0.29) is 0 Å². The van der Waals surface area contributed by atoms with Crippen LogP contribution in [0.4, 0.5) is 17.1 Å². The predicted octanol–water partition coefficient (Wildman–Crippen LogP) is 9.85. The highest BCUT2D eigenvalue weighted by atomic mass is 32.1. The van der Waals surface area contributed by atoms with Crippen molar-refractivity contribution in [3.63, 3.8) is 0 Å². The molecule has 5 rings (SSSR count). The second kappa shape index (κ2) is 9.01. The summed E-state index contributed by atoms with van der Waals surface area (Å²) in [6, 6.07) is 33.4. The van der Waals surface area contributed by atoms with Crippen molar-refractivity contribution in [1.82, 2.24) is 0 Å². The van der Waals surface area contributed by atoms with Crippen LogP contribution in [0.25, 0.3) is 20.9 Å². The van der Waals surface area contributed by atoms with Crippen molar-refractivity contribution in [3.8, 4) is 20.9 Å². The van der Waals surface area contributed by atoms with Gasteiger partial charge in [0.15, 0.2) is 0 Å². The summed E-state index contributed by atoms with van der Waals surface area (Å²) in [7, 11) is 0. The van der Waals surface area contributed by atoms with Crippen molar-refractivity contribution >= 4 is 39.7 Å². The zero-order chi connectivity index (χ0) is 22.9. The Bertz CT molecular complexity index is 1300. The smallest absolute Gasteiger partial charge is 0.0464 e. The third-order valence-corrected chi connectivity index (χ3v) is 8.15. The average Bonchev–Trinajstić information content (AvgIpc) is 3.46. The van der Waals surface area contributed by atoms with E-state index in [0.717, 1.165) is 11.4 Å². The molecule has 2 heterocycles. The first-order chi connectivity index (χ1) is 16.0. The van der Waals surface area contributed by atoms with E-state index in [9.17, 15) is 0 Å². The van der Waals surface area contributed by atoms with Gasteiger partial charge in [0.25, 0.3) is 0 Å². The zero-order valence-corrected chi connectivity index (χ0v) is 21.1. The number of benzene rings is 3. The van der Waals surface area contributed by atoms with Gasteiger partial charge in [-0.1, -0.05) is 30.3 Å². The summed E-state index contributed by atoms with van der Waals surface area (Å²) in [5.41, 5.74) is 8.64. The molecule has 0 aliphatic rings. The molecular weight excluding hydrogens is 438 g/mol. The number of hydrogen-bond acceptors (Lipinski definition) is 3. The highest BCUT2D eigenvalue weighted by Crippen LogP contribution is 2.38. The van der Waals surface area contributed by atoms with Crippen molar-refractivity contribution in [3.05, 3.63) is 112 Å². The van der Waals surface area contributed by atoms with Crippen molar-refractivity contribution in [2.75, 3.05) is 4.90 Å². The van der Waals surface area contributed by atoms with Gasteiger partial charge in [0.1, 0.15) is 0 Å². The lowest BCUT2D eigenvalue weighted by Crippen LogP contribution is -2.10. The maximum atomic E-state index is 2.35. The van der Waals surface area contributed by atoms with Gasteiger partial charge in [0.2, 0.25) is 0 Å². The van der Waals surface area contributed by atoms with Gasteiger partial charge < -0.3 is 4.90 Å². The van der Waals surface area contributed by atoms with Gasteiger partial charge >= 0.3 is 0 Å².